The molecule has 0 spiro atoms. The number of carbonyl (C=O) groups excluding carboxylic acids is 1. The van der Waals surface area contributed by atoms with Crippen molar-refractivity contribution >= 4 is 17.3 Å². The lowest BCUT2D eigenvalue weighted by Crippen LogP contribution is -2.54. The average molecular weight is 305 g/mol. The van der Waals surface area contributed by atoms with Gasteiger partial charge in [-0.25, -0.2) is 0 Å². The quantitative estimate of drug-likeness (QED) is 0.641. The standard InChI is InChI=1S/C15H19N3O4/c1-9-4-3-5-17(8-9)15(20)12-7-11(18(21)22)6-10(2)13(12)16-14(15)19/h6-7,9,20H,3-5,8H2,1-2H3,(H,16,19)/t9-,15-/m1/s1. The highest BCUT2D eigenvalue weighted by Gasteiger charge is 2.52. The molecule has 0 saturated carbocycles. The first kappa shape index (κ1) is 14.9. The summed E-state index contributed by atoms with van der Waals surface area (Å²) < 4.78 is 0. The first-order chi connectivity index (χ1) is 10.3. The Morgan fingerprint density at radius 3 is 2.86 bits per heavy atom. The number of hydrogen-bond acceptors (Lipinski definition) is 5. The van der Waals surface area contributed by atoms with Crippen LogP contribution in [0.25, 0.3) is 0 Å². The van der Waals surface area contributed by atoms with E-state index in [1.165, 1.54) is 12.1 Å². The smallest absolute Gasteiger partial charge is 0.276 e. The van der Waals surface area contributed by atoms with Gasteiger partial charge in [-0.1, -0.05) is 6.92 Å². The van der Waals surface area contributed by atoms with Gasteiger partial charge in [0.25, 0.3) is 11.6 Å². The van der Waals surface area contributed by atoms with E-state index in [-0.39, 0.29) is 5.69 Å². The van der Waals surface area contributed by atoms with Gasteiger partial charge in [0.05, 0.1) is 10.6 Å². The topological polar surface area (TPSA) is 95.7 Å². The van der Waals surface area contributed by atoms with Crippen molar-refractivity contribution < 1.29 is 14.8 Å². The molecule has 1 aromatic carbocycles. The number of nitrogens with zero attached hydrogens (tertiary/aromatic N) is 2. The zero-order valence-corrected chi connectivity index (χ0v) is 12.6. The van der Waals surface area contributed by atoms with Crippen molar-refractivity contribution in [3.05, 3.63) is 33.4 Å². The van der Waals surface area contributed by atoms with Crippen molar-refractivity contribution in [2.75, 3.05) is 18.4 Å². The number of nitro benzene ring substituents is 1. The van der Waals surface area contributed by atoms with Crippen LogP contribution in [0.5, 0.6) is 0 Å². The van der Waals surface area contributed by atoms with Crippen LogP contribution in [0.15, 0.2) is 12.1 Å². The zero-order chi connectivity index (χ0) is 16.1. The summed E-state index contributed by atoms with van der Waals surface area (Å²) in [6.07, 6.45) is 1.94. The Morgan fingerprint density at radius 1 is 1.50 bits per heavy atom. The minimum atomic E-state index is -1.82. The van der Waals surface area contributed by atoms with Gasteiger partial charge in [0, 0.05) is 30.8 Å². The second kappa shape index (κ2) is 5.03. The van der Waals surface area contributed by atoms with Crippen molar-refractivity contribution in [3.8, 4) is 0 Å². The Balaban J connectivity index is 2.11. The Labute approximate surface area is 128 Å². The molecule has 22 heavy (non-hydrogen) atoms. The minimum Gasteiger partial charge on any atom is -0.364 e. The zero-order valence-electron chi connectivity index (χ0n) is 12.6. The van der Waals surface area contributed by atoms with Crippen LogP contribution in [0.1, 0.15) is 30.9 Å². The fourth-order valence-electron chi connectivity index (χ4n) is 3.43. The van der Waals surface area contributed by atoms with Crippen molar-refractivity contribution in [3.63, 3.8) is 0 Å². The number of fused-ring (bicyclic) bond motifs is 1. The predicted molar refractivity (Wildman–Crippen MR) is 80.3 cm³/mol. The third-order valence-electron chi connectivity index (χ3n) is 4.58. The highest BCUT2D eigenvalue weighted by Crippen LogP contribution is 2.43. The molecule has 0 aromatic heterocycles. The molecule has 2 N–H and O–H groups in total. The van der Waals surface area contributed by atoms with Crippen LogP contribution in [0.3, 0.4) is 0 Å². The fraction of sp³-hybridized carbons (Fsp3) is 0.533. The number of amides is 1. The molecule has 2 heterocycles. The van der Waals surface area contributed by atoms with Gasteiger partial charge in [0.2, 0.25) is 5.72 Å². The molecular formula is C15H19N3O4. The second-order valence-corrected chi connectivity index (χ2v) is 6.26. The Kier molecular flexibility index (Phi) is 3.41. The molecule has 2 aliphatic rings. The summed E-state index contributed by atoms with van der Waals surface area (Å²) in [6, 6.07) is 2.71. The molecule has 0 radical (unpaired) electrons. The lowest BCUT2D eigenvalue weighted by atomic mass is 9.93. The Hall–Kier alpha value is -1.99. The Morgan fingerprint density at radius 2 is 2.23 bits per heavy atom. The second-order valence-electron chi connectivity index (χ2n) is 6.26. The average Bonchev–Trinajstić information content (AvgIpc) is 2.73. The van der Waals surface area contributed by atoms with Crippen molar-refractivity contribution in [2.24, 2.45) is 5.92 Å². The number of likely N-dealkylation sites (tertiary alicyclic amines) is 1. The van der Waals surface area contributed by atoms with Crippen LogP contribution >= 0.6 is 0 Å². The third kappa shape index (κ3) is 2.08. The summed E-state index contributed by atoms with van der Waals surface area (Å²) in [7, 11) is 0. The van der Waals surface area contributed by atoms with Gasteiger partial charge < -0.3 is 10.4 Å². The maximum Gasteiger partial charge on any atom is 0.276 e. The van der Waals surface area contributed by atoms with E-state index < -0.39 is 16.6 Å². The van der Waals surface area contributed by atoms with Crippen LogP contribution in [0, 0.1) is 23.0 Å². The van der Waals surface area contributed by atoms with Gasteiger partial charge in [0.15, 0.2) is 0 Å². The number of non-ortho nitro benzene ring substituents is 1. The van der Waals surface area contributed by atoms with Crippen LogP contribution < -0.4 is 5.32 Å². The number of aryl methyl sites for hydroxylation is 1. The van der Waals surface area contributed by atoms with E-state index in [2.05, 4.69) is 12.2 Å². The maximum absolute atomic E-state index is 12.4. The number of hydrogen-bond donors (Lipinski definition) is 2. The number of aliphatic hydroxyl groups is 1. The van der Waals surface area contributed by atoms with Gasteiger partial charge in [-0.15, -0.1) is 0 Å². The van der Waals surface area contributed by atoms with Gasteiger partial charge in [-0.05, 0) is 31.2 Å². The maximum atomic E-state index is 12.4. The van der Waals surface area contributed by atoms with Crippen LogP contribution in [0.4, 0.5) is 11.4 Å². The van der Waals surface area contributed by atoms with Gasteiger partial charge in [-0.3, -0.25) is 19.8 Å². The van der Waals surface area contributed by atoms with Gasteiger partial charge in [-0.2, -0.15) is 0 Å². The van der Waals surface area contributed by atoms with E-state index in [9.17, 15) is 20.0 Å². The van der Waals surface area contributed by atoms with Gasteiger partial charge in [0.1, 0.15) is 0 Å². The summed E-state index contributed by atoms with van der Waals surface area (Å²) in [6.45, 7) is 4.94. The summed E-state index contributed by atoms with van der Waals surface area (Å²) in [5.41, 5.74) is -0.578. The largest absolute Gasteiger partial charge is 0.364 e. The molecule has 2 atom stereocenters. The first-order valence-electron chi connectivity index (χ1n) is 7.42. The molecular weight excluding hydrogens is 286 g/mol. The molecule has 3 rings (SSSR count). The number of nitrogens with one attached hydrogen (secondary N) is 1. The van der Waals surface area contributed by atoms with Crippen molar-refractivity contribution in [1.29, 1.82) is 0 Å². The van der Waals surface area contributed by atoms with E-state index in [4.69, 9.17) is 0 Å². The summed E-state index contributed by atoms with van der Waals surface area (Å²) in [4.78, 5) is 24.7. The lowest BCUT2D eigenvalue weighted by molar-refractivity contribution is -0.385. The monoisotopic (exact) mass is 305 g/mol. The molecule has 0 bridgehead atoms. The highest BCUT2D eigenvalue weighted by atomic mass is 16.6. The molecule has 0 unspecified atom stereocenters. The van der Waals surface area contributed by atoms with E-state index >= 15 is 0 Å². The molecule has 1 amide bonds. The number of benzene rings is 1. The fourth-order valence-corrected chi connectivity index (χ4v) is 3.43. The molecule has 1 fully saturated rings. The molecule has 118 valence electrons. The Bertz CT molecular complexity index is 660. The number of piperidine rings is 1. The lowest BCUT2D eigenvalue weighted by Gasteiger charge is -2.39. The third-order valence-corrected chi connectivity index (χ3v) is 4.58. The van der Waals surface area contributed by atoms with E-state index in [1.807, 2.05) is 0 Å². The van der Waals surface area contributed by atoms with E-state index in [0.717, 1.165) is 12.8 Å². The first-order valence-corrected chi connectivity index (χ1v) is 7.42. The summed E-state index contributed by atoms with van der Waals surface area (Å²) >= 11 is 0. The number of rotatable bonds is 2. The summed E-state index contributed by atoms with van der Waals surface area (Å²) in [5.74, 6) is -0.158. The SMILES string of the molecule is Cc1cc([N+](=O)[O-])cc2c1NC(=O)[C@@]2(O)N1CCC[C@@H](C)C1. The molecule has 7 heteroatoms. The van der Waals surface area contributed by atoms with E-state index in [1.54, 1.807) is 11.8 Å². The van der Waals surface area contributed by atoms with Crippen LogP contribution in [-0.4, -0.2) is 33.9 Å². The molecule has 0 aliphatic carbocycles. The van der Waals surface area contributed by atoms with Crippen LogP contribution in [0.2, 0.25) is 0 Å². The summed E-state index contributed by atoms with van der Waals surface area (Å²) in [5, 5.41) is 24.8. The number of carbonyl (C=O) groups is 1. The van der Waals surface area contributed by atoms with Crippen molar-refractivity contribution in [1.82, 2.24) is 4.90 Å². The predicted octanol–water partition coefficient (Wildman–Crippen LogP) is 1.73. The van der Waals surface area contributed by atoms with E-state index in [0.29, 0.717) is 35.8 Å². The highest BCUT2D eigenvalue weighted by molar-refractivity contribution is 6.05. The number of nitro groups is 1. The molecule has 7 nitrogen and oxygen atoms in total. The number of anilines is 1. The molecule has 2 aliphatic heterocycles. The minimum absolute atomic E-state index is 0.115. The van der Waals surface area contributed by atoms with Crippen molar-refractivity contribution in [2.45, 2.75) is 32.4 Å². The van der Waals surface area contributed by atoms with Gasteiger partial charge >= 0.3 is 0 Å². The molecule has 1 saturated heterocycles. The molecule has 1 aromatic rings. The van der Waals surface area contributed by atoms with Crippen LogP contribution in [-0.2, 0) is 10.5 Å². The normalized spacial score (nSPS) is 28.3.